The molecule has 1 aromatic carbocycles. The molecule has 27 heavy (non-hydrogen) atoms. The topological polar surface area (TPSA) is 99.9 Å². The lowest BCUT2D eigenvalue weighted by atomic mass is 10.1. The monoisotopic (exact) mass is 375 g/mol. The number of nitriles is 1. The summed E-state index contributed by atoms with van der Waals surface area (Å²) in [5.74, 6) is -1.38. The van der Waals surface area contributed by atoms with Crippen LogP contribution in [0.4, 0.5) is 19.5 Å². The number of rotatable bonds is 5. The summed E-state index contributed by atoms with van der Waals surface area (Å²) in [6.45, 7) is 5.08. The highest BCUT2D eigenvalue weighted by Gasteiger charge is 2.21. The first kappa shape index (κ1) is 20.0. The van der Waals surface area contributed by atoms with Crippen molar-refractivity contribution in [3.8, 4) is 6.07 Å². The van der Waals surface area contributed by atoms with Crippen molar-refractivity contribution in [1.82, 2.24) is 15.3 Å². The molecule has 0 aliphatic carbocycles. The van der Waals surface area contributed by atoms with Gasteiger partial charge in [-0.05, 0) is 26.8 Å². The number of ether oxygens (including phenoxy) is 1. The lowest BCUT2D eigenvalue weighted by Crippen LogP contribution is -2.36. The van der Waals surface area contributed by atoms with Gasteiger partial charge in [0, 0.05) is 18.2 Å². The van der Waals surface area contributed by atoms with E-state index in [4.69, 9.17) is 10.00 Å². The molecule has 0 radical (unpaired) electrons. The minimum atomic E-state index is -0.800. The van der Waals surface area contributed by atoms with Crippen molar-refractivity contribution in [2.24, 2.45) is 0 Å². The Kier molecular flexibility index (Phi) is 6.23. The molecule has 9 heteroatoms. The highest BCUT2D eigenvalue weighted by Crippen LogP contribution is 2.21. The van der Waals surface area contributed by atoms with Gasteiger partial charge in [-0.15, -0.1) is 0 Å². The number of carbonyl (C=O) groups is 1. The number of halogens is 2. The third kappa shape index (κ3) is 6.18. The van der Waals surface area contributed by atoms with Crippen molar-refractivity contribution in [3.63, 3.8) is 0 Å². The maximum absolute atomic E-state index is 14.2. The van der Waals surface area contributed by atoms with Crippen molar-refractivity contribution >= 4 is 12.0 Å². The number of hydrogen-bond donors (Lipinski definition) is 2. The number of amides is 1. The van der Waals surface area contributed by atoms with Gasteiger partial charge in [0.05, 0.1) is 24.0 Å². The molecule has 1 atom stereocenters. The summed E-state index contributed by atoms with van der Waals surface area (Å²) >= 11 is 0. The van der Waals surface area contributed by atoms with Crippen LogP contribution in [0.15, 0.2) is 30.6 Å². The van der Waals surface area contributed by atoms with E-state index in [0.717, 1.165) is 12.1 Å². The minimum absolute atomic E-state index is 0.0686. The molecule has 1 aromatic heterocycles. The quantitative estimate of drug-likeness (QED) is 0.832. The van der Waals surface area contributed by atoms with Crippen LogP contribution in [0.3, 0.4) is 0 Å². The lowest BCUT2D eigenvalue weighted by Gasteiger charge is -2.23. The second kappa shape index (κ2) is 8.40. The molecule has 0 saturated carbocycles. The van der Waals surface area contributed by atoms with Crippen LogP contribution in [-0.4, -0.2) is 28.2 Å². The zero-order chi connectivity index (χ0) is 20.0. The van der Waals surface area contributed by atoms with E-state index in [1.807, 2.05) is 6.07 Å². The number of aromatic nitrogens is 2. The number of anilines is 1. The molecule has 2 aromatic rings. The third-order valence-corrected chi connectivity index (χ3v) is 3.27. The summed E-state index contributed by atoms with van der Waals surface area (Å²) < 4.78 is 32.6. The first-order chi connectivity index (χ1) is 12.7. The number of benzene rings is 1. The van der Waals surface area contributed by atoms with Crippen molar-refractivity contribution in [1.29, 1.82) is 5.26 Å². The molecule has 2 rings (SSSR count). The highest BCUT2D eigenvalue weighted by atomic mass is 19.1. The Bertz CT molecular complexity index is 844. The molecule has 1 heterocycles. The van der Waals surface area contributed by atoms with Gasteiger partial charge in [0.1, 0.15) is 23.3 Å². The lowest BCUT2D eigenvalue weighted by molar-refractivity contribution is 0.0525. The largest absolute Gasteiger partial charge is 0.444 e. The molecule has 0 saturated heterocycles. The van der Waals surface area contributed by atoms with Gasteiger partial charge in [-0.2, -0.15) is 5.26 Å². The van der Waals surface area contributed by atoms with E-state index >= 15 is 0 Å². The molecule has 0 aliphatic rings. The Morgan fingerprint density at radius 3 is 2.52 bits per heavy atom. The normalized spacial score (nSPS) is 12.0. The molecule has 1 amide bonds. The fourth-order valence-electron chi connectivity index (χ4n) is 2.14. The predicted molar refractivity (Wildman–Crippen MR) is 93.7 cm³/mol. The van der Waals surface area contributed by atoms with Crippen molar-refractivity contribution < 1.29 is 18.3 Å². The van der Waals surface area contributed by atoms with Gasteiger partial charge in [0.15, 0.2) is 0 Å². The number of carbonyl (C=O) groups excluding carboxylic acids is 1. The van der Waals surface area contributed by atoms with Crippen molar-refractivity contribution in [2.45, 2.75) is 32.4 Å². The smallest absolute Gasteiger partial charge is 0.407 e. The van der Waals surface area contributed by atoms with Crippen LogP contribution >= 0.6 is 0 Å². The standard InChI is InChI=1S/C18H19F2N5O2/c1-18(2,3)27-17(26)24-10-15(13-5-4-12(19)6-14(13)20)25-16-22-8-11(7-21)9-23-16/h4-6,8-9,15H,10H2,1-3H3,(H,24,26)(H,22,23,25). The van der Waals surface area contributed by atoms with Crippen LogP contribution in [0, 0.1) is 23.0 Å². The van der Waals surface area contributed by atoms with Crippen LogP contribution in [-0.2, 0) is 4.74 Å². The molecule has 7 nitrogen and oxygen atoms in total. The van der Waals surface area contributed by atoms with Gasteiger partial charge in [-0.25, -0.2) is 23.5 Å². The van der Waals surface area contributed by atoms with E-state index in [0.29, 0.717) is 0 Å². The van der Waals surface area contributed by atoms with Gasteiger partial charge >= 0.3 is 6.09 Å². The third-order valence-electron chi connectivity index (χ3n) is 3.27. The molecular formula is C18H19F2N5O2. The summed E-state index contributed by atoms with van der Waals surface area (Å²) in [4.78, 5) is 19.8. The van der Waals surface area contributed by atoms with Gasteiger partial charge in [0.2, 0.25) is 5.95 Å². The van der Waals surface area contributed by atoms with E-state index in [-0.39, 0.29) is 23.6 Å². The molecule has 0 fully saturated rings. The van der Waals surface area contributed by atoms with Gasteiger partial charge < -0.3 is 15.4 Å². The summed E-state index contributed by atoms with van der Waals surface area (Å²) in [7, 11) is 0. The maximum Gasteiger partial charge on any atom is 0.407 e. The second-order valence-corrected chi connectivity index (χ2v) is 6.65. The molecule has 0 spiro atoms. The van der Waals surface area contributed by atoms with Gasteiger partial charge in [-0.1, -0.05) is 6.07 Å². The number of alkyl carbamates (subject to hydrolysis) is 1. The van der Waals surface area contributed by atoms with Crippen LogP contribution < -0.4 is 10.6 Å². The number of hydrogen-bond acceptors (Lipinski definition) is 6. The highest BCUT2D eigenvalue weighted by molar-refractivity contribution is 5.67. The first-order valence-corrected chi connectivity index (χ1v) is 8.08. The van der Waals surface area contributed by atoms with E-state index in [1.165, 1.54) is 18.5 Å². The Morgan fingerprint density at radius 2 is 1.96 bits per heavy atom. The Balaban J connectivity index is 2.19. The van der Waals surface area contributed by atoms with Gasteiger partial charge in [0.25, 0.3) is 0 Å². The molecule has 1 unspecified atom stereocenters. The Labute approximate surface area is 155 Å². The summed E-state index contributed by atoms with van der Waals surface area (Å²) in [5, 5.41) is 14.2. The number of nitrogens with zero attached hydrogens (tertiary/aromatic N) is 3. The van der Waals surface area contributed by atoms with E-state index < -0.39 is 29.4 Å². The molecule has 0 aliphatic heterocycles. The van der Waals surface area contributed by atoms with Gasteiger partial charge in [-0.3, -0.25) is 0 Å². The Morgan fingerprint density at radius 1 is 1.30 bits per heavy atom. The van der Waals surface area contributed by atoms with Crippen molar-refractivity contribution in [2.75, 3.05) is 11.9 Å². The van der Waals surface area contributed by atoms with Crippen LogP contribution in [0.25, 0.3) is 0 Å². The zero-order valence-electron chi connectivity index (χ0n) is 15.1. The average molecular weight is 375 g/mol. The van der Waals surface area contributed by atoms with Crippen LogP contribution in [0.2, 0.25) is 0 Å². The second-order valence-electron chi connectivity index (χ2n) is 6.65. The Hall–Kier alpha value is -3.28. The molecule has 142 valence electrons. The average Bonchev–Trinajstić information content (AvgIpc) is 2.58. The molecule has 2 N–H and O–H groups in total. The van der Waals surface area contributed by atoms with E-state index in [2.05, 4.69) is 20.6 Å². The first-order valence-electron chi connectivity index (χ1n) is 8.08. The fraction of sp³-hybridized carbons (Fsp3) is 0.333. The van der Waals surface area contributed by atoms with Crippen LogP contribution in [0.1, 0.15) is 37.9 Å². The SMILES string of the molecule is CC(C)(C)OC(=O)NCC(Nc1ncc(C#N)cn1)c1ccc(F)cc1F. The fourth-order valence-corrected chi connectivity index (χ4v) is 2.14. The van der Waals surface area contributed by atoms with E-state index in [9.17, 15) is 13.6 Å². The zero-order valence-corrected chi connectivity index (χ0v) is 15.1. The molecule has 0 bridgehead atoms. The number of nitrogens with one attached hydrogen (secondary N) is 2. The summed E-state index contributed by atoms with van der Waals surface area (Å²) in [5.41, 5.74) is -0.318. The summed E-state index contributed by atoms with van der Waals surface area (Å²) in [6, 6.07) is 4.21. The summed E-state index contributed by atoms with van der Waals surface area (Å²) in [6.07, 6.45) is 1.92. The maximum atomic E-state index is 14.2. The molecular weight excluding hydrogens is 356 g/mol. The van der Waals surface area contributed by atoms with E-state index in [1.54, 1.807) is 20.8 Å². The van der Waals surface area contributed by atoms with Crippen molar-refractivity contribution in [3.05, 3.63) is 53.4 Å². The minimum Gasteiger partial charge on any atom is -0.444 e. The van der Waals surface area contributed by atoms with Crippen LogP contribution in [0.5, 0.6) is 0 Å². The predicted octanol–water partition coefficient (Wildman–Crippen LogP) is 3.30.